The fourth-order valence-corrected chi connectivity index (χ4v) is 4.08. The van der Waals surface area contributed by atoms with Gasteiger partial charge in [-0.1, -0.05) is 12.1 Å². The maximum absolute atomic E-state index is 13.7. The summed E-state index contributed by atoms with van der Waals surface area (Å²) in [5.74, 6) is -0.286. The van der Waals surface area contributed by atoms with Gasteiger partial charge >= 0.3 is 0 Å². The number of nitrogens with one attached hydrogen (secondary N) is 2. The largest absolute Gasteiger partial charge is 0.352 e. The molecule has 1 atom stereocenters. The molecule has 0 fully saturated rings. The number of carbonyl (C=O) groups is 1. The van der Waals surface area contributed by atoms with E-state index in [0.29, 0.717) is 0 Å². The maximum Gasteiger partial charge on any atom is 0.297 e. The number of aromatic amines is 1. The predicted molar refractivity (Wildman–Crippen MR) is 84.6 cm³/mol. The molecule has 5 rings (SSSR count). The summed E-state index contributed by atoms with van der Waals surface area (Å²) in [5, 5.41) is 5.96. The van der Waals surface area contributed by atoms with E-state index in [1.54, 1.807) is 12.1 Å². The molecule has 0 radical (unpaired) electrons. The Balaban J connectivity index is 1.86. The number of quaternary nitrogens is 1. The van der Waals surface area contributed by atoms with Crippen molar-refractivity contribution in [3.8, 4) is 0 Å². The van der Waals surface area contributed by atoms with Crippen molar-refractivity contribution < 1.29 is 14.5 Å². The molecule has 1 spiro atoms. The molecule has 1 amide bonds. The van der Waals surface area contributed by atoms with Crippen molar-refractivity contribution in [2.75, 3.05) is 11.9 Å². The van der Waals surface area contributed by atoms with E-state index < -0.39 is 5.54 Å². The molecule has 2 aromatic carbocycles. The standard InChI is InChI=1S/C18H14FN3O/c19-10-5-6-14-12(9-10)11-7-8-20-18(16(11)21-14)13-3-1-2-4-15(13)22-17(18)23/h1-6,9,20-21H,7-8H2,(H,22,23)/p+1/t18-/m0/s1. The van der Waals surface area contributed by atoms with E-state index in [2.05, 4.69) is 15.6 Å². The molecule has 0 saturated carbocycles. The van der Waals surface area contributed by atoms with Crippen molar-refractivity contribution in [3.63, 3.8) is 0 Å². The van der Waals surface area contributed by atoms with Crippen LogP contribution >= 0.6 is 0 Å². The zero-order chi connectivity index (χ0) is 15.6. The number of halogens is 1. The lowest BCUT2D eigenvalue weighted by molar-refractivity contribution is -0.713. The molecule has 0 unspecified atom stereocenters. The number of rotatable bonds is 0. The molecule has 114 valence electrons. The van der Waals surface area contributed by atoms with E-state index in [1.807, 2.05) is 24.3 Å². The summed E-state index contributed by atoms with van der Waals surface area (Å²) >= 11 is 0. The smallest absolute Gasteiger partial charge is 0.297 e. The third-order valence-electron chi connectivity index (χ3n) is 5.07. The lowest BCUT2D eigenvalue weighted by Gasteiger charge is -2.29. The third kappa shape index (κ3) is 1.50. The van der Waals surface area contributed by atoms with Crippen LogP contribution in [0.1, 0.15) is 16.8 Å². The average Bonchev–Trinajstić information content (AvgIpc) is 3.06. The maximum atomic E-state index is 13.7. The zero-order valence-electron chi connectivity index (χ0n) is 12.3. The fourth-order valence-electron chi connectivity index (χ4n) is 4.08. The van der Waals surface area contributed by atoms with Crippen LogP contribution in [0.2, 0.25) is 0 Å². The SMILES string of the molecule is O=C1Nc2ccccc2[C@@]12[NH2+]CCc1c2[nH]c2ccc(F)cc12. The van der Waals surface area contributed by atoms with Gasteiger partial charge in [-0.25, -0.2) is 4.39 Å². The molecule has 5 heteroatoms. The number of fused-ring (bicyclic) bond motifs is 6. The number of H-pyrrole nitrogens is 1. The Bertz CT molecular complexity index is 978. The van der Waals surface area contributed by atoms with E-state index in [4.69, 9.17) is 0 Å². The van der Waals surface area contributed by atoms with Crippen LogP contribution in [-0.4, -0.2) is 17.4 Å². The first-order chi connectivity index (χ1) is 11.2. The van der Waals surface area contributed by atoms with Crippen molar-refractivity contribution >= 4 is 22.5 Å². The highest BCUT2D eigenvalue weighted by Gasteiger charge is 2.55. The zero-order valence-corrected chi connectivity index (χ0v) is 12.3. The summed E-state index contributed by atoms with van der Waals surface area (Å²) in [5.41, 5.74) is 3.84. The molecule has 4 N–H and O–H groups in total. The van der Waals surface area contributed by atoms with E-state index >= 15 is 0 Å². The molecular weight excluding hydrogens is 293 g/mol. The van der Waals surface area contributed by atoms with Gasteiger partial charge in [0.2, 0.25) is 5.54 Å². The van der Waals surface area contributed by atoms with Gasteiger partial charge < -0.3 is 15.6 Å². The topological polar surface area (TPSA) is 61.5 Å². The highest BCUT2D eigenvalue weighted by Crippen LogP contribution is 2.42. The minimum absolute atomic E-state index is 0.0355. The van der Waals surface area contributed by atoms with Crippen LogP contribution in [0.5, 0.6) is 0 Å². The average molecular weight is 308 g/mol. The van der Waals surface area contributed by atoms with Crippen molar-refractivity contribution in [1.29, 1.82) is 0 Å². The van der Waals surface area contributed by atoms with E-state index in [0.717, 1.165) is 46.4 Å². The van der Waals surface area contributed by atoms with Gasteiger partial charge in [0.1, 0.15) is 5.82 Å². The van der Waals surface area contributed by atoms with Gasteiger partial charge in [0.15, 0.2) is 0 Å². The molecule has 0 saturated heterocycles. The minimum atomic E-state index is -0.792. The van der Waals surface area contributed by atoms with Gasteiger partial charge in [-0.3, -0.25) is 4.79 Å². The number of para-hydroxylation sites is 1. The number of aromatic nitrogens is 1. The van der Waals surface area contributed by atoms with Crippen LogP contribution in [0.25, 0.3) is 10.9 Å². The molecule has 2 aliphatic heterocycles. The molecule has 1 aromatic heterocycles. The molecule has 0 aliphatic carbocycles. The van der Waals surface area contributed by atoms with Gasteiger partial charge in [-0.05, 0) is 35.9 Å². The predicted octanol–water partition coefficient (Wildman–Crippen LogP) is 1.62. The first-order valence-electron chi connectivity index (χ1n) is 7.76. The molecular formula is C18H15FN3O+. The number of anilines is 1. The number of benzene rings is 2. The van der Waals surface area contributed by atoms with E-state index in [1.165, 1.54) is 6.07 Å². The van der Waals surface area contributed by atoms with Gasteiger partial charge in [0.25, 0.3) is 5.91 Å². The molecule has 23 heavy (non-hydrogen) atoms. The van der Waals surface area contributed by atoms with Crippen molar-refractivity contribution in [2.24, 2.45) is 0 Å². The number of carbonyl (C=O) groups excluding carboxylic acids is 1. The summed E-state index contributed by atoms with van der Waals surface area (Å²) in [6, 6.07) is 12.5. The second-order valence-corrected chi connectivity index (χ2v) is 6.22. The van der Waals surface area contributed by atoms with Crippen LogP contribution < -0.4 is 10.6 Å². The van der Waals surface area contributed by atoms with Crippen LogP contribution in [0, 0.1) is 5.82 Å². The van der Waals surface area contributed by atoms with Crippen LogP contribution in [0.15, 0.2) is 42.5 Å². The van der Waals surface area contributed by atoms with Crippen molar-refractivity contribution in [1.82, 2.24) is 4.98 Å². The highest BCUT2D eigenvalue weighted by molar-refractivity contribution is 6.08. The molecule has 3 aromatic rings. The van der Waals surface area contributed by atoms with Gasteiger partial charge in [0, 0.05) is 17.3 Å². The summed E-state index contributed by atoms with van der Waals surface area (Å²) in [6.45, 7) is 0.790. The van der Waals surface area contributed by atoms with Crippen LogP contribution in [-0.2, 0) is 16.8 Å². The minimum Gasteiger partial charge on any atom is -0.352 e. The highest BCUT2D eigenvalue weighted by atomic mass is 19.1. The summed E-state index contributed by atoms with van der Waals surface area (Å²) in [4.78, 5) is 16.3. The fraction of sp³-hybridized carbons (Fsp3) is 0.167. The summed E-state index contributed by atoms with van der Waals surface area (Å²) in [6.07, 6.45) is 0.815. The Hall–Kier alpha value is -2.66. The van der Waals surface area contributed by atoms with Gasteiger partial charge in [-0.15, -0.1) is 0 Å². The van der Waals surface area contributed by atoms with E-state index in [9.17, 15) is 9.18 Å². The molecule has 4 nitrogen and oxygen atoms in total. The lowest BCUT2D eigenvalue weighted by Crippen LogP contribution is -2.98. The molecule has 0 bridgehead atoms. The van der Waals surface area contributed by atoms with Crippen LogP contribution in [0.3, 0.4) is 0 Å². The Morgan fingerprint density at radius 2 is 2.04 bits per heavy atom. The first-order valence-corrected chi connectivity index (χ1v) is 7.76. The van der Waals surface area contributed by atoms with Gasteiger partial charge in [-0.2, -0.15) is 0 Å². The number of hydrogen-bond donors (Lipinski definition) is 3. The Kier molecular flexibility index (Phi) is 2.35. The monoisotopic (exact) mass is 308 g/mol. The van der Waals surface area contributed by atoms with Gasteiger partial charge in [0.05, 0.1) is 23.5 Å². The van der Waals surface area contributed by atoms with E-state index in [-0.39, 0.29) is 11.7 Å². The number of amides is 1. The second-order valence-electron chi connectivity index (χ2n) is 6.22. The number of nitrogens with two attached hydrogens (primary N) is 1. The summed E-state index contributed by atoms with van der Waals surface area (Å²) in [7, 11) is 0. The van der Waals surface area contributed by atoms with Crippen molar-refractivity contribution in [3.05, 3.63) is 65.1 Å². The Morgan fingerprint density at radius 3 is 2.96 bits per heavy atom. The lowest BCUT2D eigenvalue weighted by atomic mass is 9.82. The Morgan fingerprint density at radius 1 is 1.17 bits per heavy atom. The normalized spacial score (nSPS) is 22.2. The molecule has 3 heterocycles. The second kappa shape index (κ2) is 4.20. The van der Waals surface area contributed by atoms with Crippen molar-refractivity contribution in [2.45, 2.75) is 12.0 Å². The Labute approximate surface area is 131 Å². The third-order valence-corrected chi connectivity index (χ3v) is 5.07. The first kappa shape index (κ1) is 12.8. The number of hydrogen-bond acceptors (Lipinski definition) is 1. The molecule has 2 aliphatic rings. The quantitative estimate of drug-likeness (QED) is 0.581. The summed E-state index contributed by atoms with van der Waals surface area (Å²) < 4.78 is 13.7. The van der Waals surface area contributed by atoms with Crippen LogP contribution in [0.4, 0.5) is 10.1 Å².